The van der Waals surface area contributed by atoms with E-state index in [0.29, 0.717) is 0 Å². The number of aryl methyl sites for hydroxylation is 2. The minimum absolute atomic E-state index is 0.733. The van der Waals surface area contributed by atoms with E-state index in [1.54, 1.807) is 11.3 Å². The molecule has 6 heteroatoms. The third-order valence-corrected chi connectivity index (χ3v) is 3.47. The Morgan fingerprint density at radius 1 is 1.47 bits per heavy atom. The summed E-state index contributed by atoms with van der Waals surface area (Å²) >= 11 is 3.11. The van der Waals surface area contributed by atoms with Crippen molar-refractivity contribution < 1.29 is 0 Å². The lowest BCUT2D eigenvalue weighted by atomic mass is 10.5. The van der Waals surface area contributed by atoms with Gasteiger partial charge in [-0.3, -0.25) is 0 Å². The van der Waals surface area contributed by atoms with E-state index in [0.717, 1.165) is 28.9 Å². The Morgan fingerprint density at radius 2 is 2.33 bits per heavy atom. The standard InChI is InChI=1S/C9H12N4S2/c1-3-7-12-9(15-13-7)11-5-8-10-4-6(2)14-8/h4H,3,5H2,1-2H3,(H,11,12,13). The predicted octanol–water partition coefficient (Wildman–Crippen LogP) is 2.48. The second-order valence-electron chi connectivity index (χ2n) is 3.09. The van der Waals surface area contributed by atoms with Crippen LogP contribution in [0.4, 0.5) is 5.13 Å². The average molecular weight is 240 g/mol. The lowest BCUT2D eigenvalue weighted by molar-refractivity contribution is 0.991. The van der Waals surface area contributed by atoms with Crippen LogP contribution in [0.3, 0.4) is 0 Å². The van der Waals surface area contributed by atoms with Crippen LogP contribution in [0.25, 0.3) is 0 Å². The summed E-state index contributed by atoms with van der Waals surface area (Å²) in [6.07, 6.45) is 2.77. The van der Waals surface area contributed by atoms with Gasteiger partial charge in [0.1, 0.15) is 10.8 Å². The number of aromatic nitrogens is 3. The molecule has 0 aliphatic heterocycles. The molecule has 0 radical (unpaired) electrons. The van der Waals surface area contributed by atoms with Gasteiger partial charge in [0.15, 0.2) is 0 Å². The van der Waals surface area contributed by atoms with Crippen molar-refractivity contribution in [1.29, 1.82) is 0 Å². The SMILES string of the molecule is CCc1nsc(NCc2ncc(C)s2)n1. The lowest BCUT2D eigenvalue weighted by Gasteiger charge is -1.96. The van der Waals surface area contributed by atoms with Gasteiger partial charge in [0.05, 0.1) is 6.54 Å². The van der Waals surface area contributed by atoms with Crippen LogP contribution in [0.1, 0.15) is 22.6 Å². The summed E-state index contributed by atoms with van der Waals surface area (Å²) in [6.45, 7) is 4.84. The van der Waals surface area contributed by atoms with E-state index in [1.807, 2.05) is 6.20 Å². The van der Waals surface area contributed by atoms with Crippen molar-refractivity contribution in [2.75, 3.05) is 5.32 Å². The summed E-state index contributed by atoms with van der Waals surface area (Å²) in [6, 6.07) is 0. The summed E-state index contributed by atoms with van der Waals surface area (Å²) in [7, 11) is 0. The van der Waals surface area contributed by atoms with E-state index in [9.17, 15) is 0 Å². The maximum Gasteiger partial charge on any atom is 0.202 e. The van der Waals surface area contributed by atoms with Crippen LogP contribution in [0, 0.1) is 6.92 Å². The van der Waals surface area contributed by atoms with Gasteiger partial charge in [0.25, 0.3) is 0 Å². The molecular formula is C9H12N4S2. The third kappa shape index (κ3) is 2.73. The Hall–Kier alpha value is -1.01. The number of anilines is 1. The summed E-state index contributed by atoms with van der Waals surface area (Å²) in [5.74, 6) is 0.901. The molecule has 0 aromatic carbocycles. The van der Waals surface area contributed by atoms with Crippen molar-refractivity contribution in [3.05, 3.63) is 21.9 Å². The van der Waals surface area contributed by atoms with Gasteiger partial charge in [-0.15, -0.1) is 11.3 Å². The van der Waals surface area contributed by atoms with Crippen molar-refractivity contribution in [2.24, 2.45) is 0 Å². The lowest BCUT2D eigenvalue weighted by Crippen LogP contribution is -1.98. The van der Waals surface area contributed by atoms with Crippen LogP contribution in [-0.4, -0.2) is 14.3 Å². The van der Waals surface area contributed by atoms with E-state index in [4.69, 9.17) is 0 Å². The smallest absolute Gasteiger partial charge is 0.202 e. The van der Waals surface area contributed by atoms with Gasteiger partial charge in [-0.1, -0.05) is 6.92 Å². The molecule has 2 rings (SSSR count). The van der Waals surface area contributed by atoms with Crippen molar-refractivity contribution in [3.8, 4) is 0 Å². The number of hydrogen-bond donors (Lipinski definition) is 1. The highest BCUT2D eigenvalue weighted by Crippen LogP contribution is 2.15. The summed E-state index contributed by atoms with van der Waals surface area (Å²) < 4.78 is 4.20. The van der Waals surface area contributed by atoms with Crippen LogP contribution in [0.15, 0.2) is 6.20 Å². The van der Waals surface area contributed by atoms with Crippen molar-refractivity contribution in [3.63, 3.8) is 0 Å². The molecule has 0 amide bonds. The molecule has 4 nitrogen and oxygen atoms in total. The first-order valence-corrected chi connectivity index (χ1v) is 6.34. The molecule has 0 saturated heterocycles. The van der Waals surface area contributed by atoms with Crippen LogP contribution in [0.5, 0.6) is 0 Å². The second-order valence-corrected chi connectivity index (χ2v) is 5.16. The third-order valence-electron chi connectivity index (χ3n) is 1.84. The fourth-order valence-corrected chi connectivity index (χ4v) is 2.48. The number of nitrogens with one attached hydrogen (secondary N) is 1. The molecule has 0 aliphatic rings. The Balaban J connectivity index is 1.93. The van der Waals surface area contributed by atoms with Gasteiger partial charge < -0.3 is 5.32 Å². The molecular weight excluding hydrogens is 228 g/mol. The molecule has 15 heavy (non-hydrogen) atoms. The number of rotatable bonds is 4. The first-order chi connectivity index (χ1) is 7.28. The fourth-order valence-electron chi connectivity index (χ4n) is 1.10. The van der Waals surface area contributed by atoms with Gasteiger partial charge in [0.2, 0.25) is 5.13 Å². The van der Waals surface area contributed by atoms with Gasteiger partial charge in [-0.05, 0) is 6.92 Å². The maximum absolute atomic E-state index is 4.32. The van der Waals surface area contributed by atoms with Crippen molar-refractivity contribution in [1.82, 2.24) is 14.3 Å². The van der Waals surface area contributed by atoms with E-state index >= 15 is 0 Å². The molecule has 2 aromatic heterocycles. The highest BCUT2D eigenvalue weighted by Gasteiger charge is 2.03. The first kappa shape index (κ1) is 10.5. The molecule has 2 aromatic rings. The van der Waals surface area contributed by atoms with E-state index < -0.39 is 0 Å². The Bertz CT molecular complexity index is 435. The van der Waals surface area contributed by atoms with E-state index in [1.165, 1.54) is 16.4 Å². The zero-order valence-corrected chi connectivity index (χ0v) is 10.3. The largest absolute Gasteiger partial charge is 0.354 e. The normalized spacial score (nSPS) is 10.5. The molecule has 0 saturated carbocycles. The van der Waals surface area contributed by atoms with Crippen molar-refractivity contribution >= 4 is 28.0 Å². The first-order valence-electron chi connectivity index (χ1n) is 4.75. The molecule has 1 N–H and O–H groups in total. The Morgan fingerprint density at radius 3 is 2.93 bits per heavy atom. The molecule has 0 spiro atoms. The van der Waals surface area contributed by atoms with Crippen LogP contribution >= 0.6 is 22.9 Å². The number of hydrogen-bond acceptors (Lipinski definition) is 6. The molecule has 2 heterocycles. The Kier molecular flexibility index (Phi) is 3.27. The topological polar surface area (TPSA) is 50.7 Å². The quantitative estimate of drug-likeness (QED) is 0.892. The number of thiazole rings is 1. The molecule has 80 valence electrons. The summed E-state index contributed by atoms with van der Waals surface area (Å²) in [5.41, 5.74) is 0. The van der Waals surface area contributed by atoms with E-state index in [2.05, 4.69) is 33.5 Å². The summed E-state index contributed by atoms with van der Waals surface area (Å²) in [4.78, 5) is 9.83. The Labute approximate surface area is 96.6 Å². The van der Waals surface area contributed by atoms with Gasteiger partial charge in [-0.2, -0.15) is 4.37 Å². The second kappa shape index (κ2) is 4.67. The van der Waals surface area contributed by atoms with Gasteiger partial charge in [0, 0.05) is 29.0 Å². The highest BCUT2D eigenvalue weighted by molar-refractivity contribution is 7.11. The summed E-state index contributed by atoms with van der Waals surface area (Å²) in [5, 5.41) is 5.18. The zero-order chi connectivity index (χ0) is 10.7. The zero-order valence-electron chi connectivity index (χ0n) is 8.65. The molecule has 0 bridgehead atoms. The molecule has 0 fully saturated rings. The van der Waals surface area contributed by atoms with Crippen molar-refractivity contribution in [2.45, 2.75) is 26.8 Å². The van der Waals surface area contributed by atoms with E-state index in [-0.39, 0.29) is 0 Å². The monoisotopic (exact) mass is 240 g/mol. The van der Waals surface area contributed by atoms with Crippen LogP contribution < -0.4 is 5.32 Å². The molecule has 0 atom stereocenters. The molecule has 0 unspecified atom stereocenters. The molecule has 0 aliphatic carbocycles. The van der Waals surface area contributed by atoms with Gasteiger partial charge in [-0.25, -0.2) is 9.97 Å². The minimum Gasteiger partial charge on any atom is -0.354 e. The minimum atomic E-state index is 0.733. The predicted molar refractivity (Wildman–Crippen MR) is 63.5 cm³/mol. The fraction of sp³-hybridized carbons (Fsp3) is 0.444. The van der Waals surface area contributed by atoms with Crippen LogP contribution in [0.2, 0.25) is 0 Å². The maximum atomic E-state index is 4.32. The highest BCUT2D eigenvalue weighted by atomic mass is 32.1. The van der Waals surface area contributed by atoms with Crippen LogP contribution in [-0.2, 0) is 13.0 Å². The van der Waals surface area contributed by atoms with Gasteiger partial charge >= 0.3 is 0 Å². The average Bonchev–Trinajstić information content (AvgIpc) is 2.83. The number of nitrogens with zero attached hydrogens (tertiary/aromatic N) is 3.